The van der Waals surface area contributed by atoms with E-state index in [0.717, 1.165) is 22.2 Å². The summed E-state index contributed by atoms with van der Waals surface area (Å²) < 4.78 is 30.4. The zero-order valence-electron chi connectivity index (χ0n) is 13.4. The van der Waals surface area contributed by atoms with Crippen molar-refractivity contribution in [2.45, 2.75) is 11.8 Å². The lowest BCUT2D eigenvalue weighted by Crippen LogP contribution is -2.43. The van der Waals surface area contributed by atoms with Crippen LogP contribution in [0.3, 0.4) is 0 Å². The van der Waals surface area contributed by atoms with Gasteiger partial charge in [0.15, 0.2) is 11.5 Å². The van der Waals surface area contributed by atoms with Crippen LogP contribution in [0.1, 0.15) is 5.56 Å². The summed E-state index contributed by atoms with van der Waals surface area (Å²) in [5.41, 5.74) is 2.25. The van der Waals surface area contributed by atoms with Crippen molar-refractivity contribution in [2.24, 2.45) is 0 Å². The van der Waals surface area contributed by atoms with Crippen molar-refractivity contribution in [3.05, 3.63) is 62.6 Å². The third-order valence-corrected chi connectivity index (χ3v) is 5.36. The van der Waals surface area contributed by atoms with Crippen molar-refractivity contribution in [3.63, 3.8) is 0 Å². The topological polar surface area (TPSA) is 128 Å². The van der Waals surface area contributed by atoms with Crippen LogP contribution in [-0.4, -0.2) is 25.9 Å². The fourth-order valence-corrected chi connectivity index (χ4v) is 3.19. The molecule has 9 nitrogen and oxygen atoms in total. The molecule has 2 rings (SSSR count). The minimum Gasteiger partial charge on any atom is -0.484 e. The summed E-state index contributed by atoms with van der Waals surface area (Å²) in [6.45, 7) is 1.40. The third-order valence-electron chi connectivity index (χ3n) is 3.18. The molecular weight excluding hydrogens is 430 g/mol. The summed E-state index contributed by atoms with van der Waals surface area (Å²) in [6.07, 6.45) is 0. The first-order chi connectivity index (χ1) is 12.2. The highest BCUT2D eigenvalue weighted by molar-refractivity contribution is 9.10. The molecule has 0 bridgehead atoms. The minimum atomic E-state index is -4.31. The van der Waals surface area contributed by atoms with E-state index in [1.807, 2.05) is 17.2 Å². The maximum atomic E-state index is 12.1. The molecule has 0 aliphatic carbocycles. The summed E-state index contributed by atoms with van der Waals surface area (Å²) in [5, 5.41) is 10.9. The first kappa shape index (κ1) is 19.8. The molecule has 26 heavy (non-hydrogen) atoms. The number of aryl methyl sites for hydroxylation is 1. The van der Waals surface area contributed by atoms with Gasteiger partial charge in [-0.3, -0.25) is 20.3 Å². The summed E-state index contributed by atoms with van der Waals surface area (Å²) in [5.74, 6) is -0.338. The summed E-state index contributed by atoms with van der Waals surface area (Å²) in [6, 6.07) is 9.88. The van der Waals surface area contributed by atoms with Gasteiger partial charge >= 0.3 is 0 Å². The van der Waals surface area contributed by atoms with Gasteiger partial charge < -0.3 is 4.74 Å². The molecule has 0 saturated heterocycles. The molecule has 0 aliphatic rings. The van der Waals surface area contributed by atoms with Crippen molar-refractivity contribution in [1.82, 2.24) is 10.3 Å². The van der Waals surface area contributed by atoms with Crippen molar-refractivity contribution in [1.29, 1.82) is 0 Å². The van der Waals surface area contributed by atoms with Crippen molar-refractivity contribution >= 4 is 37.5 Å². The van der Waals surface area contributed by atoms with Crippen molar-refractivity contribution in [3.8, 4) is 5.75 Å². The van der Waals surface area contributed by atoms with Gasteiger partial charge in [0.25, 0.3) is 21.6 Å². The van der Waals surface area contributed by atoms with E-state index in [2.05, 4.69) is 15.9 Å². The average Bonchev–Trinajstić information content (AvgIpc) is 2.61. The molecule has 2 aromatic rings. The second kappa shape index (κ2) is 8.25. The van der Waals surface area contributed by atoms with Gasteiger partial charge in [-0.25, -0.2) is 8.42 Å². The number of halogens is 1. The molecular formula is C15H14BrN3O6S. The SMILES string of the molecule is Cc1cc(OCC(=O)NNS(=O)(=O)c2ccccc2[N+](=O)[O-])ccc1Br. The standard InChI is InChI=1S/C15H14BrN3O6S/c1-10-8-11(6-7-12(10)16)25-9-15(20)17-18-26(23,24)14-5-3-2-4-13(14)19(21)22/h2-8,18H,9H2,1H3,(H,17,20). The van der Waals surface area contributed by atoms with Gasteiger partial charge in [-0.15, -0.1) is 4.83 Å². The summed E-state index contributed by atoms with van der Waals surface area (Å²) in [7, 11) is -4.31. The van der Waals surface area contributed by atoms with Gasteiger partial charge in [0.1, 0.15) is 5.75 Å². The van der Waals surface area contributed by atoms with Gasteiger partial charge in [0, 0.05) is 10.5 Å². The molecule has 0 fully saturated rings. The van der Waals surface area contributed by atoms with Gasteiger partial charge in [0.2, 0.25) is 0 Å². The number of nitrogens with one attached hydrogen (secondary N) is 2. The molecule has 0 saturated carbocycles. The number of nitrogens with zero attached hydrogens (tertiary/aromatic N) is 1. The number of para-hydroxylation sites is 1. The Morgan fingerprint density at radius 2 is 1.96 bits per heavy atom. The fraction of sp³-hybridized carbons (Fsp3) is 0.133. The van der Waals surface area contributed by atoms with Crippen molar-refractivity contribution < 1.29 is 22.9 Å². The van der Waals surface area contributed by atoms with Crippen LogP contribution < -0.4 is 15.0 Å². The summed E-state index contributed by atoms with van der Waals surface area (Å²) >= 11 is 3.33. The Morgan fingerprint density at radius 1 is 1.27 bits per heavy atom. The van der Waals surface area contributed by atoms with E-state index in [9.17, 15) is 23.3 Å². The van der Waals surface area contributed by atoms with E-state index in [1.54, 1.807) is 18.2 Å². The van der Waals surface area contributed by atoms with Crippen LogP contribution in [0.25, 0.3) is 0 Å². The minimum absolute atomic E-state index is 0.433. The second-order valence-corrected chi connectivity index (χ2v) is 7.58. The van der Waals surface area contributed by atoms with E-state index in [-0.39, 0.29) is 0 Å². The molecule has 0 spiro atoms. The van der Waals surface area contributed by atoms with Crippen LogP contribution in [-0.2, 0) is 14.8 Å². The number of amides is 1. The van der Waals surface area contributed by atoms with Crippen LogP contribution >= 0.6 is 15.9 Å². The van der Waals surface area contributed by atoms with Gasteiger partial charge in [0.05, 0.1) is 4.92 Å². The largest absolute Gasteiger partial charge is 0.484 e. The van der Waals surface area contributed by atoms with Crippen molar-refractivity contribution in [2.75, 3.05) is 6.61 Å². The lowest BCUT2D eigenvalue weighted by molar-refractivity contribution is -0.387. The van der Waals surface area contributed by atoms with Gasteiger partial charge in [-0.2, -0.15) is 0 Å². The first-order valence-corrected chi connectivity index (χ1v) is 9.41. The number of hydrogen-bond donors (Lipinski definition) is 2. The fourth-order valence-electron chi connectivity index (χ4n) is 1.91. The zero-order valence-corrected chi connectivity index (χ0v) is 15.8. The van der Waals surface area contributed by atoms with Crippen LogP contribution in [0.4, 0.5) is 5.69 Å². The molecule has 0 heterocycles. The number of nitro benzene ring substituents is 1. The first-order valence-electron chi connectivity index (χ1n) is 7.14. The number of sulfonamides is 1. The molecule has 1 amide bonds. The van der Waals surface area contributed by atoms with Crippen LogP contribution in [0.5, 0.6) is 5.75 Å². The van der Waals surface area contributed by atoms with Crippen LogP contribution in [0.2, 0.25) is 0 Å². The molecule has 138 valence electrons. The number of carbonyl (C=O) groups excluding carboxylic acids is 1. The van der Waals surface area contributed by atoms with Gasteiger partial charge in [-0.05, 0) is 36.8 Å². The van der Waals surface area contributed by atoms with E-state index in [1.165, 1.54) is 12.1 Å². The number of ether oxygens (including phenoxy) is 1. The predicted molar refractivity (Wildman–Crippen MR) is 95.9 cm³/mol. The second-order valence-electron chi connectivity index (χ2n) is 5.08. The molecule has 2 N–H and O–H groups in total. The van der Waals surface area contributed by atoms with Crippen LogP contribution in [0.15, 0.2) is 51.8 Å². The molecule has 2 aromatic carbocycles. The highest BCUT2D eigenvalue weighted by Crippen LogP contribution is 2.22. The third kappa shape index (κ3) is 5.00. The quantitative estimate of drug-likeness (QED) is 0.497. The lowest BCUT2D eigenvalue weighted by atomic mass is 10.2. The smallest absolute Gasteiger partial charge is 0.289 e. The number of nitro groups is 1. The Hall–Kier alpha value is -2.50. The molecule has 11 heteroatoms. The lowest BCUT2D eigenvalue weighted by Gasteiger charge is -2.10. The molecule has 0 aromatic heterocycles. The molecule has 0 atom stereocenters. The molecule has 0 radical (unpaired) electrons. The number of rotatable bonds is 7. The Morgan fingerprint density at radius 3 is 2.62 bits per heavy atom. The van der Waals surface area contributed by atoms with Crippen LogP contribution in [0, 0.1) is 17.0 Å². The molecule has 0 unspecified atom stereocenters. The zero-order chi connectivity index (χ0) is 19.3. The Kier molecular flexibility index (Phi) is 6.29. The highest BCUT2D eigenvalue weighted by atomic mass is 79.9. The number of benzene rings is 2. The van der Waals surface area contributed by atoms with Gasteiger partial charge in [-0.1, -0.05) is 28.1 Å². The monoisotopic (exact) mass is 443 g/mol. The maximum Gasteiger partial charge on any atom is 0.289 e. The Labute approximate surface area is 157 Å². The van der Waals surface area contributed by atoms with E-state index in [0.29, 0.717) is 5.75 Å². The molecule has 0 aliphatic heterocycles. The average molecular weight is 444 g/mol. The Balaban J connectivity index is 1.98. The maximum absolute atomic E-state index is 12.1. The highest BCUT2D eigenvalue weighted by Gasteiger charge is 2.25. The van der Waals surface area contributed by atoms with E-state index < -0.39 is 38.0 Å². The number of hydrogen-bond acceptors (Lipinski definition) is 6. The van der Waals surface area contributed by atoms with E-state index in [4.69, 9.17) is 4.74 Å². The number of carbonyl (C=O) groups is 1. The number of hydrazine groups is 1. The van der Waals surface area contributed by atoms with E-state index >= 15 is 0 Å². The Bertz CT molecular complexity index is 948. The normalized spacial score (nSPS) is 11.0. The summed E-state index contributed by atoms with van der Waals surface area (Å²) in [4.78, 5) is 23.1. The predicted octanol–water partition coefficient (Wildman–Crippen LogP) is 2.05.